The maximum absolute atomic E-state index is 11.9. The molecule has 8 heteroatoms. The second-order valence-corrected chi connectivity index (χ2v) is 3.75. The van der Waals surface area contributed by atoms with Gasteiger partial charge in [0.1, 0.15) is 12.0 Å². The van der Waals surface area contributed by atoms with Crippen LogP contribution in [0.4, 0.5) is 20.3 Å². The van der Waals surface area contributed by atoms with E-state index in [1.807, 2.05) is 0 Å². The highest BCUT2D eigenvalue weighted by atomic mass is 79.9. The molecular weight excluding hydrogens is 288 g/mol. The predicted octanol–water partition coefficient (Wildman–Crippen LogP) is 2.74. The number of nitro groups is 1. The van der Waals surface area contributed by atoms with Crippen molar-refractivity contribution < 1.29 is 13.7 Å². The van der Waals surface area contributed by atoms with Crippen LogP contribution in [0.3, 0.4) is 0 Å². The molecule has 0 radical (unpaired) electrons. The Kier molecular flexibility index (Phi) is 4.11. The van der Waals surface area contributed by atoms with Crippen molar-refractivity contribution in [2.75, 3.05) is 11.9 Å². The zero-order valence-corrected chi connectivity index (χ0v) is 9.79. The maximum atomic E-state index is 11.9. The Hall–Kier alpha value is -1.31. The van der Waals surface area contributed by atoms with Crippen LogP contribution in [0.2, 0.25) is 0 Å². The fourth-order valence-corrected chi connectivity index (χ4v) is 1.50. The number of nitrogens with zero attached hydrogens (tertiary/aromatic N) is 2. The molecule has 0 amide bonds. The first-order chi connectivity index (χ1) is 7.43. The van der Waals surface area contributed by atoms with Crippen LogP contribution < -0.4 is 5.32 Å². The molecule has 0 aromatic carbocycles. The van der Waals surface area contributed by atoms with E-state index in [0.29, 0.717) is 10.0 Å². The van der Waals surface area contributed by atoms with Gasteiger partial charge in [-0.15, -0.1) is 0 Å². The average Bonchev–Trinajstić information content (AvgIpc) is 2.19. The third kappa shape index (κ3) is 2.84. The predicted molar refractivity (Wildman–Crippen MR) is 57.8 cm³/mol. The number of hydrogen-bond donors (Lipinski definition) is 1. The van der Waals surface area contributed by atoms with Crippen molar-refractivity contribution in [1.82, 2.24) is 4.98 Å². The highest BCUT2D eigenvalue weighted by molar-refractivity contribution is 9.10. The second kappa shape index (κ2) is 5.15. The lowest BCUT2D eigenvalue weighted by atomic mass is 10.2. The Morgan fingerprint density at radius 3 is 2.81 bits per heavy atom. The first-order valence-corrected chi connectivity index (χ1v) is 5.04. The van der Waals surface area contributed by atoms with E-state index >= 15 is 0 Å². The summed E-state index contributed by atoms with van der Waals surface area (Å²) in [5.74, 6) is 0.170. The second-order valence-electron chi connectivity index (χ2n) is 2.96. The van der Waals surface area contributed by atoms with E-state index in [0.717, 1.165) is 6.20 Å². The monoisotopic (exact) mass is 295 g/mol. The summed E-state index contributed by atoms with van der Waals surface area (Å²) in [6.07, 6.45) is -1.47. The fraction of sp³-hybridized carbons (Fsp3) is 0.375. The van der Waals surface area contributed by atoms with Gasteiger partial charge in [-0.05, 0) is 22.9 Å². The maximum Gasteiger partial charge on any atom is 0.291 e. The van der Waals surface area contributed by atoms with Crippen LogP contribution in [0.25, 0.3) is 0 Å². The number of alkyl halides is 2. The summed E-state index contributed by atoms with van der Waals surface area (Å²) in [5.41, 5.74) is 0.186. The molecule has 88 valence electrons. The van der Waals surface area contributed by atoms with Crippen molar-refractivity contribution >= 4 is 27.4 Å². The molecule has 0 aliphatic heterocycles. The van der Waals surface area contributed by atoms with E-state index in [4.69, 9.17) is 0 Å². The number of nitrogens with one attached hydrogen (secondary N) is 1. The molecule has 1 aromatic heterocycles. The molecular formula is C8H8BrF2N3O2. The summed E-state index contributed by atoms with van der Waals surface area (Å²) in [6.45, 7) is 0.959. The summed E-state index contributed by atoms with van der Waals surface area (Å²) in [6, 6.07) is 0. The Labute approximate surface area is 98.1 Å². The van der Waals surface area contributed by atoms with Gasteiger partial charge in [-0.2, -0.15) is 0 Å². The van der Waals surface area contributed by atoms with Gasteiger partial charge < -0.3 is 5.32 Å². The van der Waals surface area contributed by atoms with Crippen molar-refractivity contribution in [1.29, 1.82) is 0 Å². The molecule has 0 fully saturated rings. The first-order valence-electron chi connectivity index (χ1n) is 4.25. The molecule has 0 saturated heterocycles. The largest absolute Gasteiger partial charge is 0.363 e. The van der Waals surface area contributed by atoms with Gasteiger partial charge in [0.05, 0.1) is 15.9 Å². The smallest absolute Gasteiger partial charge is 0.291 e. The molecule has 0 unspecified atom stereocenters. The minimum Gasteiger partial charge on any atom is -0.363 e. The zero-order valence-electron chi connectivity index (χ0n) is 8.21. The van der Waals surface area contributed by atoms with Crippen molar-refractivity contribution in [3.8, 4) is 0 Å². The Balaban J connectivity index is 2.98. The quantitative estimate of drug-likeness (QED) is 0.685. The van der Waals surface area contributed by atoms with Crippen molar-refractivity contribution in [3.63, 3.8) is 0 Å². The molecule has 1 rings (SSSR count). The van der Waals surface area contributed by atoms with Crippen LogP contribution in [0.5, 0.6) is 0 Å². The molecule has 1 N–H and O–H groups in total. The van der Waals surface area contributed by atoms with E-state index in [2.05, 4.69) is 26.2 Å². The first kappa shape index (κ1) is 12.8. The summed E-state index contributed by atoms with van der Waals surface area (Å²) in [5, 5.41) is 12.9. The molecule has 1 aromatic rings. The Morgan fingerprint density at radius 1 is 1.69 bits per heavy atom. The number of halogens is 3. The van der Waals surface area contributed by atoms with Gasteiger partial charge in [0.2, 0.25) is 0 Å². The SMILES string of the molecule is Cc1c([N+](=O)[O-])cnc(NCC(F)F)c1Br. The molecule has 1 heterocycles. The number of hydrogen-bond acceptors (Lipinski definition) is 4. The van der Waals surface area contributed by atoms with Gasteiger partial charge in [0, 0.05) is 5.56 Å². The van der Waals surface area contributed by atoms with E-state index in [9.17, 15) is 18.9 Å². The van der Waals surface area contributed by atoms with Crippen LogP contribution in [-0.2, 0) is 0 Å². The lowest BCUT2D eigenvalue weighted by Crippen LogP contribution is -2.12. The van der Waals surface area contributed by atoms with Crippen LogP contribution in [0.15, 0.2) is 10.7 Å². The normalized spacial score (nSPS) is 10.6. The Bertz CT molecular complexity index is 415. The van der Waals surface area contributed by atoms with Gasteiger partial charge in [-0.1, -0.05) is 0 Å². The van der Waals surface area contributed by atoms with Gasteiger partial charge in [-0.25, -0.2) is 13.8 Å². The van der Waals surface area contributed by atoms with Crippen molar-refractivity contribution in [2.45, 2.75) is 13.3 Å². The van der Waals surface area contributed by atoms with E-state index in [1.165, 1.54) is 6.92 Å². The van der Waals surface area contributed by atoms with E-state index in [1.54, 1.807) is 0 Å². The topological polar surface area (TPSA) is 68.1 Å². The minimum atomic E-state index is -2.51. The van der Waals surface area contributed by atoms with Crippen LogP contribution in [-0.4, -0.2) is 22.9 Å². The van der Waals surface area contributed by atoms with Crippen molar-refractivity contribution in [3.05, 3.63) is 26.3 Å². The molecule has 0 aliphatic rings. The number of aromatic nitrogens is 1. The molecule has 0 aliphatic carbocycles. The third-order valence-electron chi connectivity index (χ3n) is 1.86. The molecule has 0 spiro atoms. The number of rotatable bonds is 4. The molecule has 16 heavy (non-hydrogen) atoms. The van der Waals surface area contributed by atoms with Crippen LogP contribution in [0, 0.1) is 17.0 Å². The number of pyridine rings is 1. The molecule has 0 atom stereocenters. The third-order valence-corrected chi connectivity index (χ3v) is 2.83. The van der Waals surface area contributed by atoms with Crippen LogP contribution in [0.1, 0.15) is 5.56 Å². The fourth-order valence-electron chi connectivity index (χ4n) is 1.05. The summed E-state index contributed by atoms with van der Waals surface area (Å²) >= 11 is 3.08. The zero-order chi connectivity index (χ0) is 12.3. The Morgan fingerprint density at radius 2 is 2.31 bits per heavy atom. The molecule has 0 bridgehead atoms. The van der Waals surface area contributed by atoms with Crippen LogP contribution >= 0.6 is 15.9 Å². The molecule has 5 nitrogen and oxygen atoms in total. The lowest BCUT2D eigenvalue weighted by molar-refractivity contribution is -0.385. The lowest BCUT2D eigenvalue weighted by Gasteiger charge is -2.08. The highest BCUT2D eigenvalue weighted by Crippen LogP contribution is 2.30. The summed E-state index contributed by atoms with van der Waals surface area (Å²) in [7, 11) is 0. The average molecular weight is 296 g/mol. The van der Waals surface area contributed by atoms with E-state index in [-0.39, 0.29) is 11.5 Å². The molecule has 0 saturated carbocycles. The summed E-state index contributed by atoms with van der Waals surface area (Å²) < 4.78 is 24.2. The van der Waals surface area contributed by atoms with Gasteiger partial charge >= 0.3 is 0 Å². The number of anilines is 1. The minimum absolute atomic E-state index is 0.158. The highest BCUT2D eigenvalue weighted by Gasteiger charge is 2.17. The van der Waals surface area contributed by atoms with Gasteiger partial charge in [0.25, 0.3) is 12.1 Å². The standard InChI is InChI=1S/C8H8BrF2N3O2/c1-4-5(14(15)16)2-12-8(7(4)9)13-3-6(10)11/h2,6H,3H2,1H3,(H,12,13). The van der Waals surface area contributed by atoms with Gasteiger partial charge in [0.15, 0.2) is 0 Å². The summed E-state index contributed by atoms with van der Waals surface area (Å²) in [4.78, 5) is 13.7. The van der Waals surface area contributed by atoms with Gasteiger partial charge in [-0.3, -0.25) is 10.1 Å². The van der Waals surface area contributed by atoms with E-state index < -0.39 is 17.9 Å². The van der Waals surface area contributed by atoms with Crippen molar-refractivity contribution in [2.24, 2.45) is 0 Å².